The number of hydrogen-bond acceptors (Lipinski definition) is 10. The van der Waals surface area contributed by atoms with Crippen LogP contribution in [0.3, 0.4) is 0 Å². The third-order valence-electron chi connectivity index (χ3n) is 5.19. The van der Waals surface area contributed by atoms with Gasteiger partial charge in [0.25, 0.3) is 0 Å². The lowest BCUT2D eigenvalue weighted by Gasteiger charge is -2.13. The third-order valence-corrected chi connectivity index (χ3v) is 5.19. The number of benzene rings is 2. The highest BCUT2D eigenvalue weighted by molar-refractivity contribution is 5.78. The Bertz CT molecular complexity index is 1150. The summed E-state index contributed by atoms with van der Waals surface area (Å²) in [6.07, 6.45) is 0.256. The highest BCUT2D eigenvalue weighted by Crippen LogP contribution is 2.18. The highest BCUT2D eigenvalue weighted by atomic mass is 19.1. The molecule has 1 amide bonds. The Morgan fingerprint density at radius 3 is 2.21 bits per heavy atom. The zero-order chi connectivity index (χ0) is 27.9. The lowest BCUT2D eigenvalue weighted by molar-refractivity contribution is -0.120. The minimum atomic E-state index is -0.286. The predicted octanol–water partition coefficient (Wildman–Crippen LogP) is 2.84. The summed E-state index contributed by atoms with van der Waals surface area (Å²) in [4.78, 5) is 25.6. The molecule has 0 fully saturated rings. The van der Waals surface area contributed by atoms with Crippen LogP contribution in [-0.4, -0.2) is 66.4 Å². The molecule has 6 N–H and O–H groups in total. The van der Waals surface area contributed by atoms with Gasteiger partial charge in [0.1, 0.15) is 5.82 Å². The Morgan fingerprint density at radius 1 is 0.872 bits per heavy atom. The monoisotopic (exact) mass is 540 g/mol. The van der Waals surface area contributed by atoms with E-state index in [0.717, 1.165) is 16.8 Å². The molecule has 12 heteroatoms. The summed E-state index contributed by atoms with van der Waals surface area (Å²) < 4.78 is 23.8. The maximum atomic E-state index is 13.2. The first-order valence-corrected chi connectivity index (χ1v) is 12.9. The second-order valence-corrected chi connectivity index (χ2v) is 8.95. The van der Waals surface area contributed by atoms with E-state index >= 15 is 0 Å². The van der Waals surface area contributed by atoms with Gasteiger partial charge in [-0.25, -0.2) is 4.39 Å². The minimum Gasteiger partial charge on any atom is -0.378 e. The van der Waals surface area contributed by atoms with Gasteiger partial charge < -0.3 is 36.5 Å². The van der Waals surface area contributed by atoms with Crippen molar-refractivity contribution in [3.05, 3.63) is 65.5 Å². The van der Waals surface area contributed by atoms with Gasteiger partial charge in [-0.2, -0.15) is 15.0 Å². The second kappa shape index (κ2) is 16.2. The van der Waals surface area contributed by atoms with E-state index in [2.05, 4.69) is 36.2 Å². The third kappa shape index (κ3) is 11.6. The van der Waals surface area contributed by atoms with Crippen LogP contribution in [0.4, 0.5) is 27.9 Å². The van der Waals surface area contributed by atoms with E-state index in [1.807, 2.05) is 38.1 Å². The van der Waals surface area contributed by atoms with E-state index in [9.17, 15) is 9.18 Å². The van der Waals surface area contributed by atoms with Crippen LogP contribution in [0.15, 0.2) is 48.5 Å². The van der Waals surface area contributed by atoms with Crippen LogP contribution in [0.25, 0.3) is 0 Å². The first kappa shape index (κ1) is 29.7. The summed E-state index contributed by atoms with van der Waals surface area (Å²) in [5.41, 5.74) is 7.87. The van der Waals surface area contributed by atoms with Crippen molar-refractivity contribution in [3.63, 3.8) is 0 Å². The van der Waals surface area contributed by atoms with Gasteiger partial charge in [-0.15, -0.1) is 0 Å². The molecule has 11 nitrogen and oxygen atoms in total. The van der Waals surface area contributed by atoms with Crippen molar-refractivity contribution in [3.8, 4) is 0 Å². The fourth-order valence-electron chi connectivity index (χ4n) is 3.37. The Balaban J connectivity index is 1.51. The van der Waals surface area contributed by atoms with Crippen LogP contribution in [0.1, 0.15) is 25.0 Å². The minimum absolute atomic E-state index is 0.0857. The molecular weight excluding hydrogens is 503 g/mol. The van der Waals surface area contributed by atoms with Crippen molar-refractivity contribution in [1.29, 1.82) is 0 Å². The van der Waals surface area contributed by atoms with Crippen molar-refractivity contribution in [2.45, 2.75) is 32.9 Å². The molecule has 0 bridgehead atoms. The molecule has 0 aliphatic carbocycles. The lowest BCUT2D eigenvalue weighted by Crippen LogP contribution is -2.29. The normalized spacial score (nSPS) is 10.9. The van der Waals surface area contributed by atoms with Gasteiger partial charge in [0.05, 0.1) is 32.8 Å². The molecule has 0 spiro atoms. The van der Waals surface area contributed by atoms with Crippen LogP contribution in [0, 0.1) is 5.82 Å². The van der Waals surface area contributed by atoms with Crippen LogP contribution in [0.5, 0.6) is 0 Å². The number of carbonyl (C=O) groups excluding carboxylic acids is 1. The smallest absolute Gasteiger partial charge is 0.233 e. The Hall–Kier alpha value is -3.87. The number of nitrogens with one attached hydrogen (secondary N) is 4. The van der Waals surface area contributed by atoms with Crippen LogP contribution in [-0.2, 0) is 27.2 Å². The molecule has 0 saturated heterocycles. The van der Waals surface area contributed by atoms with Crippen LogP contribution in [0.2, 0.25) is 0 Å². The number of carbonyl (C=O) groups is 1. The molecule has 0 aliphatic heterocycles. The molecule has 3 rings (SSSR count). The first-order chi connectivity index (χ1) is 18.9. The SMILES string of the molecule is CC(C)Nc1nc(NCc2ccc(F)cc2)nc(Nc2ccc(CC(=O)NCCOCCOCCN)cc2)n1. The zero-order valence-electron chi connectivity index (χ0n) is 22.4. The maximum Gasteiger partial charge on any atom is 0.233 e. The molecular formula is C27H37FN8O3. The van der Waals surface area contributed by atoms with E-state index in [4.69, 9.17) is 15.2 Å². The summed E-state index contributed by atoms with van der Waals surface area (Å²) in [7, 11) is 0. The Labute approximate surface area is 228 Å². The summed E-state index contributed by atoms with van der Waals surface area (Å²) in [5.74, 6) is 0.780. The topological polar surface area (TPSA) is 148 Å². The van der Waals surface area contributed by atoms with Crippen molar-refractivity contribution in [2.24, 2.45) is 5.73 Å². The molecule has 39 heavy (non-hydrogen) atoms. The molecule has 0 aliphatic rings. The average molecular weight is 541 g/mol. The largest absolute Gasteiger partial charge is 0.378 e. The van der Waals surface area contributed by atoms with E-state index in [0.29, 0.717) is 63.9 Å². The van der Waals surface area contributed by atoms with E-state index in [1.165, 1.54) is 12.1 Å². The summed E-state index contributed by atoms with van der Waals surface area (Å²) in [6.45, 7) is 7.20. The molecule has 1 heterocycles. The summed E-state index contributed by atoms with van der Waals surface area (Å²) in [5, 5.41) is 12.4. The quantitative estimate of drug-likeness (QED) is 0.162. The van der Waals surface area contributed by atoms with Crippen molar-refractivity contribution in [1.82, 2.24) is 20.3 Å². The van der Waals surface area contributed by atoms with Crippen molar-refractivity contribution < 1.29 is 18.7 Å². The van der Waals surface area contributed by atoms with Gasteiger partial charge in [0.15, 0.2) is 0 Å². The number of hydrogen-bond donors (Lipinski definition) is 5. The standard InChI is InChI=1S/C27H37FN8O3/c1-19(2)32-26-34-25(31-18-21-3-7-22(28)8-4-21)35-27(36-26)33-23-9-5-20(6-10-23)17-24(37)30-12-14-39-16-15-38-13-11-29/h3-10,19H,11-18,29H2,1-2H3,(H,30,37)(H3,31,32,33,34,35,36). The Kier molecular flexibility index (Phi) is 12.3. The zero-order valence-corrected chi connectivity index (χ0v) is 22.4. The number of ether oxygens (including phenoxy) is 2. The van der Waals surface area contributed by atoms with Gasteiger partial charge in [0.2, 0.25) is 23.8 Å². The number of halogens is 1. The number of aromatic nitrogens is 3. The molecule has 3 aromatic rings. The first-order valence-electron chi connectivity index (χ1n) is 12.9. The predicted molar refractivity (Wildman–Crippen MR) is 149 cm³/mol. The number of nitrogens with two attached hydrogens (primary N) is 1. The average Bonchev–Trinajstić information content (AvgIpc) is 2.90. The van der Waals surface area contributed by atoms with E-state index < -0.39 is 0 Å². The highest BCUT2D eigenvalue weighted by Gasteiger charge is 2.09. The molecule has 0 radical (unpaired) electrons. The van der Waals surface area contributed by atoms with Gasteiger partial charge in [-0.1, -0.05) is 24.3 Å². The molecule has 0 atom stereocenters. The van der Waals surface area contributed by atoms with Crippen molar-refractivity contribution in [2.75, 3.05) is 55.5 Å². The lowest BCUT2D eigenvalue weighted by atomic mass is 10.1. The Morgan fingerprint density at radius 2 is 1.51 bits per heavy atom. The van der Waals surface area contributed by atoms with Gasteiger partial charge in [-0.05, 0) is 49.2 Å². The van der Waals surface area contributed by atoms with Gasteiger partial charge in [-0.3, -0.25) is 4.79 Å². The summed E-state index contributed by atoms with van der Waals surface area (Å²) in [6, 6.07) is 13.8. The van der Waals surface area contributed by atoms with Gasteiger partial charge >= 0.3 is 0 Å². The van der Waals surface area contributed by atoms with Crippen LogP contribution < -0.4 is 27.0 Å². The molecule has 1 aromatic heterocycles. The number of anilines is 4. The van der Waals surface area contributed by atoms with Crippen LogP contribution >= 0.6 is 0 Å². The molecule has 0 unspecified atom stereocenters. The fourth-order valence-corrected chi connectivity index (χ4v) is 3.37. The van der Waals surface area contributed by atoms with E-state index in [-0.39, 0.29) is 24.2 Å². The van der Waals surface area contributed by atoms with Gasteiger partial charge in [0, 0.05) is 31.4 Å². The van der Waals surface area contributed by atoms with E-state index in [1.54, 1.807) is 12.1 Å². The number of amides is 1. The number of rotatable bonds is 17. The molecule has 210 valence electrons. The summed E-state index contributed by atoms with van der Waals surface area (Å²) >= 11 is 0. The maximum absolute atomic E-state index is 13.2. The molecule has 2 aromatic carbocycles. The number of nitrogens with zero attached hydrogens (tertiary/aromatic N) is 3. The molecule has 0 saturated carbocycles. The second-order valence-electron chi connectivity index (χ2n) is 8.95. The van der Waals surface area contributed by atoms with Crippen molar-refractivity contribution >= 4 is 29.4 Å². The fraction of sp³-hybridized carbons (Fsp3) is 0.407.